The fraction of sp³-hybridized carbons (Fsp3) is 0.500. The van der Waals surface area contributed by atoms with Gasteiger partial charge >= 0.3 is 12.3 Å². The molecule has 2 amide bonds. The topological polar surface area (TPSA) is 75.9 Å². The van der Waals surface area contributed by atoms with Crippen molar-refractivity contribution in [3.8, 4) is 0 Å². The molecule has 0 aliphatic carbocycles. The number of halogens is 3. The molecule has 1 heterocycles. The van der Waals surface area contributed by atoms with Crippen molar-refractivity contribution in [2.45, 2.75) is 19.1 Å². The molecule has 0 atom stereocenters. The molecule has 1 aliphatic rings. The van der Waals surface area contributed by atoms with Gasteiger partial charge in [0.05, 0.1) is 5.56 Å². The Morgan fingerprint density at radius 1 is 1.16 bits per heavy atom. The average Bonchev–Trinajstić information content (AvgIpc) is 2.78. The molecule has 0 bridgehead atoms. The number of primary amides is 1. The van der Waals surface area contributed by atoms with E-state index in [1.54, 1.807) is 6.07 Å². The van der Waals surface area contributed by atoms with E-state index < -0.39 is 30.3 Å². The highest BCUT2D eigenvalue weighted by atomic mass is 19.4. The Morgan fingerprint density at radius 3 is 2.60 bits per heavy atom. The summed E-state index contributed by atoms with van der Waals surface area (Å²) in [6.45, 7) is 1.88. The standard InChI is InChI=1S/C16H20F3N3O3/c17-16(18,19)13-4-1-3-12(9-13)10-21-5-2-6-22(8-7-21)15(24)25-11-14(20)23/h1,3-4,9H,2,5-8,10-11H2,(H2,20,23). The summed E-state index contributed by atoms with van der Waals surface area (Å²) in [5.41, 5.74) is 4.83. The molecule has 138 valence electrons. The zero-order valence-corrected chi connectivity index (χ0v) is 13.6. The first-order valence-corrected chi connectivity index (χ1v) is 7.84. The Bertz CT molecular complexity index is 622. The first-order valence-electron chi connectivity index (χ1n) is 7.84. The van der Waals surface area contributed by atoms with Gasteiger partial charge in [0, 0.05) is 32.7 Å². The molecule has 1 aromatic rings. The Hall–Kier alpha value is -2.29. The lowest BCUT2D eigenvalue weighted by Crippen LogP contribution is -2.37. The van der Waals surface area contributed by atoms with Gasteiger partial charge in [-0.25, -0.2) is 4.79 Å². The monoisotopic (exact) mass is 359 g/mol. The van der Waals surface area contributed by atoms with Crippen LogP contribution in [0.15, 0.2) is 24.3 Å². The van der Waals surface area contributed by atoms with Gasteiger partial charge in [-0.2, -0.15) is 13.2 Å². The predicted octanol–water partition coefficient (Wildman–Crippen LogP) is 1.84. The number of nitrogens with two attached hydrogens (primary N) is 1. The third kappa shape index (κ3) is 5.93. The van der Waals surface area contributed by atoms with Crippen molar-refractivity contribution in [3.63, 3.8) is 0 Å². The summed E-state index contributed by atoms with van der Waals surface area (Å²) in [7, 11) is 0. The molecule has 1 aromatic carbocycles. The number of carbonyl (C=O) groups is 2. The molecule has 0 saturated carbocycles. The molecule has 1 aliphatic heterocycles. The lowest BCUT2D eigenvalue weighted by Gasteiger charge is -2.21. The first kappa shape index (κ1) is 19.0. The van der Waals surface area contributed by atoms with E-state index in [1.807, 2.05) is 4.90 Å². The summed E-state index contributed by atoms with van der Waals surface area (Å²) in [6.07, 6.45) is -4.32. The molecule has 0 radical (unpaired) electrons. The second-order valence-corrected chi connectivity index (χ2v) is 5.84. The van der Waals surface area contributed by atoms with E-state index in [0.29, 0.717) is 44.7 Å². The van der Waals surface area contributed by atoms with Crippen LogP contribution in [0, 0.1) is 0 Å². The SMILES string of the molecule is NC(=O)COC(=O)N1CCCN(Cc2cccc(C(F)(F)F)c2)CC1. The van der Waals surface area contributed by atoms with Crippen LogP contribution in [0.25, 0.3) is 0 Å². The third-order valence-electron chi connectivity index (χ3n) is 3.85. The number of hydrogen-bond donors (Lipinski definition) is 1. The fourth-order valence-electron chi connectivity index (χ4n) is 2.64. The van der Waals surface area contributed by atoms with Crippen LogP contribution >= 0.6 is 0 Å². The normalized spacial score (nSPS) is 16.4. The summed E-state index contributed by atoms with van der Waals surface area (Å²) in [5.74, 6) is -0.727. The maximum atomic E-state index is 12.8. The maximum absolute atomic E-state index is 12.8. The van der Waals surface area contributed by atoms with Gasteiger partial charge in [0.2, 0.25) is 0 Å². The molecule has 1 saturated heterocycles. The molecule has 1 fully saturated rings. The van der Waals surface area contributed by atoms with Crippen molar-refractivity contribution in [1.29, 1.82) is 0 Å². The number of nitrogens with zero attached hydrogens (tertiary/aromatic N) is 2. The van der Waals surface area contributed by atoms with Gasteiger partial charge < -0.3 is 15.4 Å². The van der Waals surface area contributed by atoms with Gasteiger partial charge in [-0.05, 0) is 18.1 Å². The highest BCUT2D eigenvalue weighted by Crippen LogP contribution is 2.29. The number of rotatable bonds is 4. The molecule has 0 unspecified atom stereocenters. The third-order valence-corrected chi connectivity index (χ3v) is 3.85. The van der Waals surface area contributed by atoms with Crippen LogP contribution in [-0.4, -0.2) is 54.6 Å². The minimum Gasteiger partial charge on any atom is -0.439 e. The fourth-order valence-corrected chi connectivity index (χ4v) is 2.64. The molecular weight excluding hydrogens is 339 g/mol. The molecule has 9 heteroatoms. The molecule has 0 aromatic heterocycles. The van der Waals surface area contributed by atoms with Gasteiger partial charge in [-0.1, -0.05) is 18.2 Å². The molecule has 6 nitrogen and oxygen atoms in total. The number of amides is 2. The van der Waals surface area contributed by atoms with Crippen LogP contribution in [0.4, 0.5) is 18.0 Å². The van der Waals surface area contributed by atoms with Crippen molar-refractivity contribution in [3.05, 3.63) is 35.4 Å². The average molecular weight is 359 g/mol. The van der Waals surface area contributed by atoms with Gasteiger partial charge in [-0.3, -0.25) is 9.69 Å². The van der Waals surface area contributed by atoms with E-state index in [4.69, 9.17) is 10.5 Å². The van der Waals surface area contributed by atoms with Gasteiger partial charge in [0.25, 0.3) is 5.91 Å². The van der Waals surface area contributed by atoms with Crippen LogP contribution in [-0.2, 0) is 22.3 Å². The Balaban J connectivity index is 1.91. The van der Waals surface area contributed by atoms with Crippen LogP contribution < -0.4 is 5.73 Å². The molecule has 25 heavy (non-hydrogen) atoms. The minimum atomic E-state index is -4.37. The van der Waals surface area contributed by atoms with Gasteiger partial charge in [-0.15, -0.1) is 0 Å². The van der Waals surface area contributed by atoms with Crippen LogP contribution in [0.3, 0.4) is 0 Å². The number of alkyl halides is 3. The van der Waals surface area contributed by atoms with Gasteiger partial charge in [0.15, 0.2) is 6.61 Å². The zero-order chi connectivity index (χ0) is 18.4. The van der Waals surface area contributed by atoms with E-state index in [2.05, 4.69) is 0 Å². The number of ether oxygens (including phenoxy) is 1. The number of carbonyl (C=O) groups excluding carboxylic acids is 2. The second kappa shape index (κ2) is 8.19. The first-order chi connectivity index (χ1) is 11.8. The summed E-state index contributed by atoms with van der Waals surface area (Å²) in [6, 6.07) is 5.23. The number of benzene rings is 1. The van der Waals surface area contributed by atoms with Crippen molar-refractivity contribution >= 4 is 12.0 Å². The van der Waals surface area contributed by atoms with Crippen molar-refractivity contribution in [2.24, 2.45) is 5.73 Å². The van der Waals surface area contributed by atoms with Gasteiger partial charge in [0.1, 0.15) is 0 Å². The van der Waals surface area contributed by atoms with E-state index in [9.17, 15) is 22.8 Å². The van der Waals surface area contributed by atoms with Crippen molar-refractivity contribution in [1.82, 2.24) is 9.80 Å². The quantitative estimate of drug-likeness (QED) is 0.890. The molecule has 2 rings (SSSR count). The smallest absolute Gasteiger partial charge is 0.416 e. The Labute approximate surface area is 143 Å². The highest BCUT2D eigenvalue weighted by Gasteiger charge is 2.30. The Kier molecular flexibility index (Phi) is 6.24. The minimum absolute atomic E-state index is 0.369. The summed E-state index contributed by atoms with van der Waals surface area (Å²) in [4.78, 5) is 25.9. The van der Waals surface area contributed by atoms with Crippen LogP contribution in [0.1, 0.15) is 17.5 Å². The van der Waals surface area contributed by atoms with Crippen LogP contribution in [0.2, 0.25) is 0 Å². The second-order valence-electron chi connectivity index (χ2n) is 5.84. The molecular formula is C16H20F3N3O3. The van der Waals surface area contributed by atoms with Crippen molar-refractivity contribution < 1.29 is 27.5 Å². The lowest BCUT2D eigenvalue weighted by atomic mass is 10.1. The maximum Gasteiger partial charge on any atom is 0.416 e. The lowest BCUT2D eigenvalue weighted by molar-refractivity contribution is -0.137. The summed E-state index contributed by atoms with van der Waals surface area (Å²) >= 11 is 0. The zero-order valence-electron chi connectivity index (χ0n) is 13.6. The van der Waals surface area contributed by atoms with E-state index in [1.165, 1.54) is 11.0 Å². The number of hydrogen-bond acceptors (Lipinski definition) is 4. The van der Waals surface area contributed by atoms with Crippen molar-refractivity contribution in [2.75, 3.05) is 32.8 Å². The highest BCUT2D eigenvalue weighted by molar-refractivity contribution is 5.78. The predicted molar refractivity (Wildman–Crippen MR) is 83.5 cm³/mol. The van der Waals surface area contributed by atoms with E-state index in [-0.39, 0.29) is 0 Å². The van der Waals surface area contributed by atoms with E-state index in [0.717, 1.165) is 12.1 Å². The largest absolute Gasteiger partial charge is 0.439 e. The summed E-state index contributed by atoms with van der Waals surface area (Å²) < 4.78 is 43.1. The molecule has 2 N–H and O–H groups in total. The Morgan fingerprint density at radius 2 is 1.92 bits per heavy atom. The summed E-state index contributed by atoms with van der Waals surface area (Å²) in [5, 5.41) is 0. The van der Waals surface area contributed by atoms with Crippen LogP contribution in [0.5, 0.6) is 0 Å². The van der Waals surface area contributed by atoms with E-state index >= 15 is 0 Å². The molecule has 0 spiro atoms.